The number of rotatable bonds is 9. The van der Waals surface area contributed by atoms with Gasteiger partial charge >= 0.3 is 0 Å². The highest BCUT2D eigenvalue weighted by molar-refractivity contribution is 5.79. The zero-order valence-corrected chi connectivity index (χ0v) is 13.6. The third-order valence-corrected chi connectivity index (χ3v) is 2.95. The molecule has 0 amide bonds. The smallest absolute Gasteiger partial charge is 0.191 e. The maximum absolute atomic E-state index is 5.50. The molecule has 0 saturated heterocycles. The molecule has 120 valence electrons. The highest BCUT2D eigenvalue weighted by Crippen LogP contribution is 1.94. The van der Waals surface area contributed by atoms with Gasteiger partial charge in [0.25, 0.3) is 0 Å². The van der Waals surface area contributed by atoms with Gasteiger partial charge in [-0.25, -0.2) is 0 Å². The Morgan fingerprint density at radius 2 is 2.14 bits per heavy atom. The van der Waals surface area contributed by atoms with Crippen molar-refractivity contribution in [1.29, 1.82) is 0 Å². The number of nitrogens with one attached hydrogen (secondary N) is 2. The van der Waals surface area contributed by atoms with Gasteiger partial charge in [0.2, 0.25) is 0 Å². The maximum Gasteiger partial charge on any atom is 0.191 e. The van der Waals surface area contributed by atoms with Crippen LogP contribution < -0.4 is 10.6 Å². The highest BCUT2D eigenvalue weighted by Gasteiger charge is 2.02. The van der Waals surface area contributed by atoms with E-state index in [0.29, 0.717) is 6.10 Å². The summed E-state index contributed by atoms with van der Waals surface area (Å²) in [6.45, 7) is 9.39. The van der Waals surface area contributed by atoms with Crippen molar-refractivity contribution in [1.82, 2.24) is 25.4 Å². The summed E-state index contributed by atoms with van der Waals surface area (Å²) in [6.07, 6.45) is 3.91. The standard InChI is InChI=1S/C14H28N6O/c1-5-13-19-18-11-20(13)9-8-17-14(15-4)16-7-6-10-21-12(2)3/h11-12H,5-10H2,1-4H3,(H2,15,16,17). The Morgan fingerprint density at radius 1 is 1.38 bits per heavy atom. The third kappa shape index (κ3) is 7.08. The van der Waals surface area contributed by atoms with E-state index in [2.05, 4.69) is 37.3 Å². The van der Waals surface area contributed by atoms with Crippen LogP contribution in [-0.2, 0) is 17.7 Å². The molecule has 0 spiro atoms. The SMILES string of the molecule is CCc1nncn1CCNC(=NC)NCCCOC(C)C. The van der Waals surface area contributed by atoms with Gasteiger partial charge in [-0.3, -0.25) is 4.99 Å². The molecule has 21 heavy (non-hydrogen) atoms. The van der Waals surface area contributed by atoms with Gasteiger partial charge in [-0.05, 0) is 20.3 Å². The van der Waals surface area contributed by atoms with Crippen LogP contribution in [0.3, 0.4) is 0 Å². The topological polar surface area (TPSA) is 76.4 Å². The molecular weight excluding hydrogens is 268 g/mol. The predicted octanol–water partition coefficient (Wildman–Crippen LogP) is 0.821. The van der Waals surface area contributed by atoms with Gasteiger partial charge in [0.05, 0.1) is 6.10 Å². The van der Waals surface area contributed by atoms with E-state index >= 15 is 0 Å². The zero-order chi connectivity index (χ0) is 15.5. The van der Waals surface area contributed by atoms with Crippen molar-refractivity contribution in [3.8, 4) is 0 Å². The van der Waals surface area contributed by atoms with Crippen LogP contribution >= 0.6 is 0 Å². The van der Waals surface area contributed by atoms with Crippen LogP contribution in [0.1, 0.15) is 33.0 Å². The Morgan fingerprint density at radius 3 is 2.81 bits per heavy atom. The Kier molecular flexibility index (Phi) is 8.42. The molecule has 1 heterocycles. The molecule has 0 aromatic carbocycles. The van der Waals surface area contributed by atoms with E-state index in [1.165, 1.54) is 0 Å². The highest BCUT2D eigenvalue weighted by atomic mass is 16.5. The molecule has 1 aromatic heterocycles. The first-order chi connectivity index (χ1) is 10.2. The molecule has 7 nitrogen and oxygen atoms in total. The summed E-state index contributed by atoms with van der Waals surface area (Å²) in [6, 6.07) is 0. The molecule has 1 aromatic rings. The molecular formula is C14H28N6O. The number of nitrogens with zero attached hydrogens (tertiary/aromatic N) is 4. The van der Waals surface area contributed by atoms with Crippen LogP contribution in [0.2, 0.25) is 0 Å². The molecule has 0 bridgehead atoms. The molecule has 0 unspecified atom stereocenters. The van der Waals surface area contributed by atoms with E-state index in [1.54, 1.807) is 13.4 Å². The molecule has 2 N–H and O–H groups in total. The van der Waals surface area contributed by atoms with Gasteiger partial charge < -0.3 is 19.9 Å². The van der Waals surface area contributed by atoms with Crippen LogP contribution in [-0.4, -0.2) is 53.6 Å². The Bertz CT molecular complexity index is 415. The van der Waals surface area contributed by atoms with Crippen LogP contribution in [0.15, 0.2) is 11.3 Å². The zero-order valence-electron chi connectivity index (χ0n) is 13.6. The Balaban J connectivity index is 2.17. The van der Waals surface area contributed by atoms with Gasteiger partial charge in [0.1, 0.15) is 12.2 Å². The lowest BCUT2D eigenvalue weighted by Gasteiger charge is -2.13. The molecule has 0 atom stereocenters. The normalized spacial score (nSPS) is 12.0. The first kappa shape index (κ1) is 17.4. The maximum atomic E-state index is 5.50. The van der Waals surface area contributed by atoms with E-state index in [4.69, 9.17) is 4.74 Å². The van der Waals surface area contributed by atoms with Crippen molar-refractivity contribution in [3.63, 3.8) is 0 Å². The number of hydrogen-bond acceptors (Lipinski definition) is 4. The fraction of sp³-hybridized carbons (Fsp3) is 0.786. The molecule has 0 aliphatic rings. The number of guanidine groups is 1. The van der Waals surface area contributed by atoms with Gasteiger partial charge in [-0.1, -0.05) is 6.92 Å². The van der Waals surface area contributed by atoms with Gasteiger partial charge in [0, 0.05) is 39.7 Å². The fourth-order valence-corrected chi connectivity index (χ4v) is 1.85. The summed E-state index contributed by atoms with van der Waals surface area (Å²) in [5.74, 6) is 1.82. The second kappa shape index (κ2) is 10.1. The molecule has 1 rings (SSSR count). The summed E-state index contributed by atoms with van der Waals surface area (Å²) >= 11 is 0. The first-order valence-electron chi connectivity index (χ1n) is 7.60. The second-order valence-electron chi connectivity index (χ2n) is 4.99. The van der Waals surface area contributed by atoms with Crippen LogP contribution in [0.5, 0.6) is 0 Å². The summed E-state index contributed by atoms with van der Waals surface area (Å²) in [5.41, 5.74) is 0. The van der Waals surface area contributed by atoms with Crippen molar-refractivity contribution in [2.24, 2.45) is 4.99 Å². The predicted molar refractivity (Wildman–Crippen MR) is 84.5 cm³/mol. The molecule has 0 aliphatic heterocycles. The minimum absolute atomic E-state index is 0.291. The molecule has 0 radical (unpaired) electrons. The first-order valence-corrected chi connectivity index (χ1v) is 7.60. The van der Waals surface area contributed by atoms with Crippen molar-refractivity contribution in [2.45, 2.75) is 46.3 Å². The minimum atomic E-state index is 0.291. The van der Waals surface area contributed by atoms with Gasteiger partial charge in [-0.15, -0.1) is 10.2 Å². The summed E-state index contributed by atoms with van der Waals surface area (Å²) in [4.78, 5) is 4.20. The quantitative estimate of drug-likeness (QED) is 0.401. The monoisotopic (exact) mass is 296 g/mol. The van der Waals surface area contributed by atoms with E-state index in [9.17, 15) is 0 Å². The van der Waals surface area contributed by atoms with E-state index < -0.39 is 0 Å². The average Bonchev–Trinajstić information content (AvgIpc) is 2.92. The average molecular weight is 296 g/mol. The number of aliphatic imine (C=N–C) groups is 1. The van der Waals surface area contributed by atoms with E-state index in [-0.39, 0.29) is 0 Å². The summed E-state index contributed by atoms with van der Waals surface area (Å²) < 4.78 is 7.55. The molecule has 0 saturated carbocycles. The van der Waals surface area contributed by atoms with E-state index in [1.807, 2.05) is 13.8 Å². The van der Waals surface area contributed by atoms with Crippen LogP contribution in [0.25, 0.3) is 0 Å². The van der Waals surface area contributed by atoms with Crippen LogP contribution in [0, 0.1) is 0 Å². The summed E-state index contributed by atoms with van der Waals surface area (Å²) in [5, 5.41) is 14.5. The molecule has 0 fully saturated rings. The second-order valence-corrected chi connectivity index (χ2v) is 4.99. The molecule has 7 heteroatoms. The fourth-order valence-electron chi connectivity index (χ4n) is 1.85. The third-order valence-electron chi connectivity index (χ3n) is 2.95. The van der Waals surface area contributed by atoms with Crippen molar-refractivity contribution in [2.75, 3.05) is 26.7 Å². The Labute approximate surface area is 127 Å². The summed E-state index contributed by atoms with van der Waals surface area (Å²) in [7, 11) is 1.77. The van der Waals surface area contributed by atoms with E-state index in [0.717, 1.165) is 50.9 Å². The van der Waals surface area contributed by atoms with Crippen molar-refractivity contribution in [3.05, 3.63) is 12.2 Å². The van der Waals surface area contributed by atoms with Crippen molar-refractivity contribution < 1.29 is 4.74 Å². The Hall–Kier alpha value is -1.63. The largest absolute Gasteiger partial charge is 0.379 e. The van der Waals surface area contributed by atoms with Gasteiger partial charge in [-0.2, -0.15) is 0 Å². The van der Waals surface area contributed by atoms with Crippen molar-refractivity contribution >= 4 is 5.96 Å². The lowest BCUT2D eigenvalue weighted by molar-refractivity contribution is 0.0776. The number of ether oxygens (including phenoxy) is 1. The molecule has 0 aliphatic carbocycles. The van der Waals surface area contributed by atoms with Gasteiger partial charge in [0.15, 0.2) is 5.96 Å². The number of aryl methyl sites for hydroxylation is 1. The number of aromatic nitrogens is 3. The lowest BCUT2D eigenvalue weighted by Crippen LogP contribution is -2.39. The van der Waals surface area contributed by atoms with Crippen LogP contribution in [0.4, 0.5) is 0 Å². The minimum Gasteiger partial charge on any atom is -0.379 e. The number of hydrogen-bond donors (Lipinski definition) is 2. The lowest BCUT2D eigenvalue weighted by atomic mass is 10.4.